The number of hydrogen-bond acceptors (Lipinski definition) is 3. The van der Waals surface area contributed by atoms with E-state index in [2.05, 4.69) is 10.0 Å². The summed E-state index contributed by atoms with van der Waals surface area (Å²) in [6.45, 7) is 0.534. The quantitative estimate of drug-likeness (QED) is 0.884. The molecule has 1 aromatic carbocycles. The van der Waals surface area contributed by atoms with Crippen LogP contribution in [-0.4, -0.2) is 20.0 Å². The molecule has 0 saturated carbocycles. The van der Waals surface area contributed by atoms with Crippen molar-refractivity contribution < 1.29 is 12.8 Å². The molecule has 0 fully saturated rings. The maximum absolute atomic E-state index is 13.2. The summed E-state index contributed by atoms with van der Waals surface area (Å²) in [7, 11) is -0.302. The minimum atomic E-state index is -3.82. The van der Waals surface area contributed by atoms with Gasteiger partial charge in [-0.15, -0.1) is 0 Å². The zero-order valence-corrected chi connectivity index (χ0v) is 13.1. The predicted molar refractivity (Wildman–Crippen MR) is 80.4 cm³/mol. The largest absolute Gasteiger partial charge is 0.352 e. The Morgan fingerprint density at radius 2 is 2.05 bits per heavy atom. The summed E-state index contributed by atoms with van der Waals surface area (Å²) in [4.78, 5) is 0.0931. The Morgan fingerprint density at radius 1 is 1.33 bits per heavy atom. The fourth-order valence-electron chi connectivity index (χ4n) is 1.86. The van der Waals surface area contributed by atoms with Gasteiger partial charge in [0.25, 0.3) is 10.0 Å². The molecule has 0 amide bonds. The summed E-state index contributed by atoms with van der Waals surface area (Å²) < 4.78 is 41.8. The Hall–Kier alpha value is -1.57. The van der Waals surface area contributed by atoms with Crippen molar-refractivity contribution in [1.29, 1.82) is 0 Å². The van der Waals surface area contributed by atoms with Gasteiger partial charge in [0, 0.05) is 25.5 Å². The van der Waals surface area contributed by atoms with Crippen LogP contribution >= 0.6 is 11.6 Å². The van der Waals surface area contributed by atoms with Gasteiger partial charge in [-0.2, -0.15) is 0 Å². The van der Waals surface area contributed by atoms with Crippen LogP contribution in [0.1, 0.15) is 5.69 Å². The lowest BCUT2D eigenvalue weighted by atomic mass is 10.3. The lowest BCUT2D eigenvalue weighted by Gasteiger charge is -2.08. The standard InChI is InChI=1S/C13H15ClFN3O2S/c1-16-7-10-6-11(8-18(10)2)21(19,20)17-13-5-9(15)3-4-12(13)14/h3-6,8,16-17H,7H2,1-2H3. The van der Waals surface area contributed by atoms with Crippen LogP contribution in [0.5, 0.6) is 0 Å². The molecule has 1 aromatic heterocycles. The van der Waals surface area contributed by atoms with E-state index >= 15 is 0 Å². The highest BCUT2D eigenvalue weighted by atomic mass is 35.5. The summed E-state index contributed by atoms with van der Waals surface area (Å²) in [5, 5.41) is 3.08. The normalized spacial score (nSPS) is 11.6. The molecule has 0 unspecified atom stereocenters. The second kappa shape index (κ2) is 6.05. The predicted octanol–water partition coefficient (Wildman–Crippen LogP) is 2.34. The number of nitrogens with zero attached hydrogens (tertiary/aromatic N) is 1. The van der Waals surface area contributed by atoms with Crippen molar-refractivity contribution in [2.75, 3.05) is 11.8 Å². The smallest absolute Gasteiger partial charge is 0.263 e. The molecule has 0 bridgehead atoms. The van der Waals surface area contributed by atoms with Gasteiger partial charge < -0.3 is 9.88 Å². The van der Waals surface area contributed by atoms with E-state index in [1.165, 1.54) is 12.3 Å². The molecular weight excluding hydrogens is 317 g/mol. The third-order valence-electron chi connectivity index (χ3n) is 2.92. The molecule has 0 saturated heterocycles. The van der Waals surface area contributed by atoms with Crippen molar-refractivity contribution in [3.05, 3.63) is 47.0 Å². The first kappa shape index (κ1) is 15.8. The van der Waals surface area contributed by atoms with Crippen LogP contribution in [0.2, 0.25) is 5.02 Å². The molecule has 21 heavy (non-hydrogen) atoms. The van der Waals surface area contributed by atoms with Gasteiger partial charge in [-0.05, 0) is 31.3 Å². The maximum atomic E-state index is 13.2. The van der Waals surface area contributed by atoms with Crippen molar-refractivity contribution in [3.63, 3.8) is 0 Å². The summed E-state index contributed by atoms with van der Waals surface area (Å²) in [5.41, 5.74) is 0.818. The number of sulfonamides is 1. The van der Waals surface area contributed by atoms with Crippen molar-refractivity contribution in [2.45, 2.75) is 11.4 Å². The Morgan fingerprint density at radius 3 is 2.71 bits per heavy atom. The van der Waals surface area contributed by atoms with Crippen molar-refractivity contribution in [3.8, 4) is 0 Å². The Kier molecular flexibility index (Phi) is 4.55. The average molecular weight is 332 g/mol. The van der Waals surface area contributed by atoms with Gasteiger partial charge in [-0.25, -0.2) is 12.8 Å². The molecule has 2 N–H and O–H groups in total. The first-order chi connectivity index (χ1) is 9.83. The molecular formula is C13H15ClFN3O2S. The lowest BCUT2D eigenvalue weighted by Crippen LogP contribution is -2.12. The first-order valence-corrected chi connectivity index (χ1v) is 7.97. The molecule has 2 aromatic rings. The van der Waals surface area contributed by atoms with E-state index in [1.807, 2.05) is 0 Å². The Labute approximate surface area is 127 Å². The first-order valence-electron chi connectivity index (χ1n) is 6.11. The fourth-order valence-corrected chi connectivity index (χ4v) is 3.25. The van der Waals surface area contributed by atoms with Gasteiger partial charge in [0.2, 0.25) is 0 Å². The number of aryl methyl sites for hydroxylation is 1. The van der Waals surface area contributed by atoms with Crippen LogP contribution in [-0.2, 0) is 23.6 Å². The molecule has 0 radical (unpaired) electrons. The van der Waals surface area contributed by atoms with E-state index < -0.39 is 15.8 Å². The molecule has 0 spiro atoms. The van der Waals surface area contributed by atoms with E-state index in [4.69, 9.17) is 11.6 Å². The van der Waals surface area contributed by atoms with Crippen molar-refractivity contribution >= 4 is 27.3 Å². The highest BCUT2D eigenvalue weighted by Crippen LogP contribution is 2.26. The van der Waals surface area contributed by atoms with Gasteiger partial charge in [-0.1, -0.05) is 11.6 Å². The Bertz CT molecular complexity index is 759. The van der Waals surface area contributed by atoms with Crippen molar-refractivity contribution in [1.82, 2.24) is 9.88 Å². The summed E-state index contributed by atoms with van der Waals surface area (Å²) in [6, 6.07) is 5.04. The molecule has 8 heteroatoms. The SMILES string of the molecule is CNCc1cc(S(=O)(=O)Nc2cc(F)ccc2Cl)cn1C. The Balaban J connectivity index is 2.34. The monoisotopic (exact) mass is 331 g/mol. The third-order valence-corrected chi connectivity index (χ3v) is 4.59. The number of nitrogens with one attached hydrogen (secondary N) is 2. The molecule has 114 valence electrons. The number of benzene rings is 1. The highest BCUT2D eigenvalue weighted by molar-refractivity contribution is 7.92. The number of aromatic nitrogens is 1. The van der Waals surface area contributed by atoms with Gasteiger partial charge in [0.1, 0.15) is 10.7 Å². The van der Waals surface area contributed by atoms with Gasteiger partial charge in [-0.3, -0.25) is 4.72 Å². The summed E-state index contributed by atoms with van der Waals surface area (Å²) in [5.74, 6) is -0.568. The van der Waals surface area contributed by atoms with Gasteiger partial charge >= 0.3 is 0 Å². The van der Waals surface area contributed by atoms with Crippen LogP contribution < -0.4 is 10.0 Å². The van der Waals surface area contributed by atoms with Crippen molar-refractivity contribution in [2.24, 2.45) is 7.05 Å². The minimum absolute atomic E-state index is 0.00989. The van der Waals surface area contributed by atoms with Gasteiger partial charge in [0.05, 0.1) is 10.7 Å². The van der Waals surface area contributed by atoms with E-state index in [-0.39, 0.29) is 15.6 Å². The molecule has 0 aliphatic heterocycles. The van der Waals surface area contributed by atoms with E-state index in [0.29, 0.717) is 6.54 Å². The lowest BCUT2D eigenvalue weighted by molar-refractivity contribution is 0.601. The van der Waals surface area contributed by atoms with E-state index in [1.54, 1.807) is 24.7 Å². The third kappa shape index (κ3) is 3.55. The number of rotatable bonds is 5. The van der Waals surface area contributed by atoms with Crippen LogP contribution in [0.25, 0.3) is 0 Å². The zero-order valence-electron chi connectivity index (χ0n) is 11.5. The van der Waals surface area contributed by atoms with Crippen LogP contribution in [0.15, 0.2) is 35.4 Å². The molecule has 1 heterocycles. The fraction of sp³-hybridized carbons (Fsp3) is 0.231. The molecule has 2 rings (SSSR count). The highest BCUT2D eigenvalue weighted by Gasteiger charge is 2.19. The zero-order chi connectivity index (χ0) is 15.6. The topological polar surface area (TPSA) is 63.1 Å². The second-order valence-electron chi connectivity index (χ2n) is 4.54. The molecule has 0 aliphatic rings. The number of hydrogen-bond donors (Lipinski definition) is 2. The maximum Gasteiger partial charge on any atom is 0.263 e. The average Bonchev–Trinajstić information content (AvgIpc) is 2.77. The molecule has 0 aliphatic carbocycles. The van der Waals surface area contributed by atoms with Crippen LogP contribution in [0.3, 0.4) is 0 Å². The van der Waals surface area contributed by atoms with Crippen LogP contribution in [0.4, 0.5) is 10.1 Å². The minimum Gasteiger partial charge on any atom is -0.352 e. The second-order valence-corrected chi connectivity index (χ2v) is 6.63. The number of halogens is 2. The summed E-state index contributed by atoms with van der Waals surface area (Å²) in [6.07, 6.45) is 1.49. The van der Waals surface area contributed by atoms with Gasteiger partial charge in [0.15, 0.2) is 0 Å². The van der Waals surface area contributed by atoms with E-state index in [9.17, 15) is 12.8 Å². The summed E-state index contributed by atoms with van der Waals surface area (Å²) >= 11 is 5.87. The van der Waals surface area contributed by atoms with E-state index in [0.717, 1.165) is 17.8 Å². The number of anilines is 1. The van der Waals surface area contributed by atoms with Crippen LogP contribution in [0, 0.1) is 5.82 Å². The molecule has 0 atom stereocenters. The molecule has 5 nitrogen and oxygen atoms in total.